The van der Waals surface area contributed by atoms with Gasteiger partial charge in [-0.1, -0.05) is 341 Å². The molecule has 0 rings (SSSR count). The molecular weight excluding hydrogens is 925 g/mol. The third kappa shape index (κ3) is 62.9. The van der Waals surface area contributed by atoms with Crippen LogP contribution in [0.1, 0.15) is 393 Å². The Morgan fingerprint density at radius 2 is 0.440 bits per heavy atom. The fraction of sp³-hybridized carbons (Fsp3) is 0.928. The Bertz CT molecular complexity index is 1170. The zero-order chi connectivity index (χ0) is 54.3. The van der Waals surface area contributed by atoms with E-state index in [4.69, 9.17) is 14.2 Å². The second-order valence-electron chi connectivity index (χ2n) is 23.5. The molecule has 0 aromatic rings. The van der Waals surface area contributed by atoms with Crippen molar-refractivity contribution in [3.63, 3.8) is 0 Å². The Labute approximate surface area is 469 Å². The number of hydrogen-bond donors (Lipinski definition) is 0. The van der Waals surface area contributed by atoms with Gasteiger partial charge in [0.05, 0.1) is 0 Å². The van der Waals surface area contributed by atoms with Gasteiger partial charge in [0, 0.05) is 19.3 Å². The van der Waals surface area contributed by atoms with Crippen LogP contribution in [-0.2, 0) is 28.6 Å². The standard InChI is InChI=1S/C69H132O6/c1-4-7-10-13-16-19-22-24-26-28-29-30-31-32-33-34-35-36-37-38-39-40-41-43-44-47-50-53-56-59-62-68(71)74-65-66(64-73-67(70)61-58-55-52-49-46-21-18-15-12-9-6-3)75-69(72)63-60-57-54-51-48-45-42-27-25-23-20-17-14-11-8-5-2/h27,42,66H,4-26,28-41,43-65H2,1-3H3/b42-27-. The zero-order valence-electron chi connectivity index (χ0n) is 51.1. The van der Waals surface area contributed by atoms with E-state index in [9.17, 15) is 14.4 Å². The molecular formula is C69H132O6. The summed E-state index contributed by atoms with van der Waals surface area (Å²) in [5.74, 6) is -0.847. The minimum absolute atomic E-state index is 0.0671. The molecule has 0 fully saturated rings. The Balaban J connectivity index is 4.08. The van der Waals surface area contributed by atoms with Gasteiger partial charge in [-0.25, -0.2) is 0 Å². The Morgan fingerprint density at radius 3 is 0.667 bits per heavy atom. The molecule has 1 unspecified atom stereocenters. The molecule has 0 bridgehead atoms. The zero-order valence-corrected chi connectivity index (χ0v) is 51.1. The SMILES string of the molecule is CCCCCCCCC/C=C\CCCCCCCC(=O)OC(COC(=O)CCCCCCCCCCCCC)COC(=O)CCCCCCCCCCCCCCCCCCCCCCCCCCCCCCCC. The van der Waals surface area contributed by atoms with Crippen LogP contribution in [0.2, 0.25) is 0 Å². The topological polar surface area (TPSA) is 78.9 Å². The molecule has 0 aliphatic heterocycles. The molecule has 0 aromatic carbocycles. The van der Waals surface area contributed by atoms with E-state index in [1.54, 1.807) is 0 Å². The van der Waals surface area contributed by atoms with Crippen LogP contribution in [0.25, 0.3) is 0 Å². The van der Waals surface area contributed by atoms with Crippen molar-refractivity contribution in [1.29, 1.82) is 0 Å². The first kappa shape index (κ1) is 73.2. The lowest BCUT2D eigenvalue weighted by Gasteiger charge is -2.18. The van der Waals surface area contributed by atoms with E-state index in [-0.39, 0.29) is 31.1 Å². The fourth-order valence-electron chi connectivity index (χ4n) is 10.6. The predicted octanol–water partition coefficient (Wildman–Crippen LogP) is 23.2. The third-order valence-corrected chi connectivity index (χ3v) is 15.8. The molecule has 0 heterocycles. The highest BCUT2D eigenvalue weighted by Crippen LogP contribution is 2.19. The quantitative estimate of drug-likeness (QED) is 0.0261. The number of allylic oxidation sites excluding steroid dienone is 2. The van der Waals surface area contributed by atoms with Crippen LogP contribution in [0.5, 0.6) is 0 Å². The van der Waals surface area contributed by atoms with Crippen LogP contribution < -0.4 is 0 Å². The maximum Gasteiger partial charge on any atom is 0.306 e. The van der Waals surface area contributed by atoms with Gasteiger partial charge in [-0.15, -0.1) is 0 Å². The van der Waals surface area contributed by atoms with E-state index >= 15 is 0 Å². The van der Waals surface area contributed by atoms with Crippen molar-refractivity contribution in [3.05, 3.63) is 12.2 Å². The van der Waals surface area contributed by atoms with Crippen LogP contribution >= 0.6 is 0 Å². The molecule has 0 spiro atoms. The van der Waals surface area contributed by atoms with Gasteiger partial charge in [-0.2, -0.15) is 0 Å². The maximum absolute atomic E-state index is 12.9. The molecule has 0 radical (unpaired) electrons. The molecule has 6 nitrogen and oxygen atoms in total. The van der Waals surface area contributed by atoms with Crippen molar-refractivity contribution in [1.82, 2.24) is 0 Å². The minimum Gasteiger partial charge on any atom is -0.462 e. The number of rotatable bonds is 64. The summed E-state index contributed by atoms with van der Waals surface area (Å²) in [6, 6.07) is 0. The normalized spacial score (nSPS) is 12.0. The van der Waals surface area contributed by atoms with Crippen molar-refractivity contribution >= 4 is 17.9 Å². The first-order valence-electron chi connectivity index (χ1n) is 34.2. The largest absolute Gasteiger partial charge is 0.462 e. The van der Waals surface area contributed by atoms with Crippen molar-refractivity contribution in [2.45, 2.75) is 399 Å². The van der Waals surface area contributed by atoms with E-state index in [1.807, 2.05) is 0 Å². The maximum atomic E-state index is 12.9. The number of hydrogen-bond acceptors (Lipinski definition) is 6. The summed E-state index contributed by atoms with van der Waals surface area (Å²) in [4.78, 5) is 38.2. The molecule has 6 heteroatoms. The Morgan fingerprint density at radius 1 is 0.253 bits per heavy atom. The van der Waals surface area contributed by atoms with Gasteiger partial charge in [-0.3, -0.25) is 14.4 Å². The van der Waals surface area contributed by atoms with Crippen molar-refractivity contribution in [2.24, 2.45) is 0 Å². The average Bonchev–Trinajstić information content (AvgIpc) is 3.41. The van der Waals surface area contributed by atoms with E-state index in [1.165, 1.54) is 289 Å². The van der Waals surface area contributed by atoms with Gasteiger partial charge in [-0.05, 0) is 44.9 Å². The molecule has 444 valence electrons. The summed E-state index contributed by atoms with van der Waals surface area (Å²) >= 11 is 0. The van der Waals surface area contributed by atoms with E-state index in [0.29, 0.717) is 19.3 Å². The van der Waals surface area contributed by atoms with E-state index < -0.39 is 6.10 Å². The van der Waals surface area contributed by atoms with Gasteiger partial charge < -0.3 is 14.2 Å². The van der Waals surface area contributed by atoms with E-state index in [2.05, 4.69) is 32.9 Å². The smallest absolute Gasteiger partial charge is 0.306 e. The lowest BCUT2D eigenvalue weighted by atomic mass is 10.0. The number of carbonyl (C=O) groups is 3. The van der Waals surface area contributed by atoms with Crippen LogP contribution in [0.15, 0.2) is 12.2 Å². The molecule has 75 heavy (non-hydrogen) atoms. The average molecular weight is 1060 g/mol. The molecule has 0 N–H and O–H groups in total. The summed E-state index contributed by atoms with van der Waals surface area (Å²) in [6.07, 6.45) is 76.8. The van der Waals surface area contributed by atoms with Gasteiger partial charge in [0.2, 0.25) is 0 Å². The summed E-state index contributed by atoms with van der Waals surface area (Å²) in [5, 5.41) is 0. The van der Waals surface area contributed by atoms with Crippen LogP contribution in [-0.4, -0.2) is 37.2 Å². The van der Waals surface area contributed by atoms with Gasteiger partial charge in [0.1, 0.15) is 13.2 Å². The minimum atomic E-state index is -0.769. The van der Waals surface area contributed by atoms with Crippen molar-refractivity contribution in [3.8, 4) is 0 Å². The second-order valence-corrected chi connectivity index (χ2v) is 23.5. The van der Waals surface area contributed by atoms with Crippen molar-refractivity contribution in [2.75, 3.05) is 13.2 Å². The van der Waals surface area contributed by atoms with Gasteiger partial charge in [0.25, 0.3) is 0 Å². The van der Waals surface area contributed by atoms with Crippen molar-refractivity contribution < 1.29 is 28.6 Å². The molecule has 0 aliphatic rings. The summed E-state index contributed by atoms with van der Waals surface area (Å²) in [6.45, 7) is 6.70. The second kappa shape index (κ2) is 64.7. The lowest BCUT2D eigenvalue weighted by molar-refractivity contribution is -0.167. The number of unbranched alkanes of at least 4 members (excludes halogenated alkanes) is 51. The Kier molecular flexibility index (Phi) is 63.1. The monoisotopic (exact) mass is 1060 g/mol. The summed E-state index contributed by atoms with van der Waals surface area (Å²) in [7, 11) is 0. The highest BCUT2D eigenvalue weighted by atomic mass is 16.6. The number of carbonyl (C=O) groups excluding carboxylic acids is 3. The highest BCUT2D eigenvalue weighted by Gasteiger charge is 2.19. The van der Waals surface area contributed by atoms with Crippen LogP contribution in [0, 0.1) is 0 Å². The van der Waals surface area contributed by atoms with E-state index in [0.717, 1.165) is 64.2 Å². The molecule has 0 saturated heterocycles. The lowest BCUT2D eigenvalue weighted by Crippen LogP contribution is -2.30. The first-order valence-corrected chi connectivity index (χ1v) is 34.2. The molecule has 0 aromatic heterocycles. The predicted molar refractivity (Wildman–Crippen MR) is 326 cm³/mol. The summed E-state index contributed by atoms with van der Waals surface area (Å²) in [5.41, 5.74) is 0. The number of ether oxygens (including phenoxy) is 3. The number of esters is 3. The van der Waals surface area contributed by atoms with Crippen LogP contribution in [0.3, 0.4) is 0 Å². The van der Waals surface area contributed by atoms with Gasteiger partial charge >= 0.3 is 17.9 Å². The first-order chi connectivity index (χ1) is 37.0. The fourth-order valence-corrected chi connectivity index (χ4v) is 10.6. The molecule has 0 saturated carbocycles. The third-order valence-electron chi connectivity index (χ3n) is 15.8. The molecule has 1 atom stereocenters. The Hall–Kier alpha value is -1.85. The molecule has 0 aliphatic carbocycles. The highest BCUT2D eigenvalue weighted by molar-refractivity contribution is 5.71. The van der Waals surface area contributed by atoms with Gasteiger partial charge in [0.15, 0.2) is 6.10 Å². The molecule has 0 amide bonds. The summed E-state index contributed by atoms with van der Waals surface area (Å²) < 4.78 is 16.9. The van der Waals surface area contributed by atoms with Crippen LogP contribution in [0.4, 0.5) is 0 Å².